The Bertz CT molecular complexity index is 835. The fraction of sp³-hybridized carbons (Fsp3) is 0.167. The summed E-state index contributed by atoms with van der Waals surface area (Å²) in [5, 5.41) is 0.949. The van der Waals surface area contributed by atoms with Gasteiger partial charge in [0.05, 0.1) is 12.1 Å². The number of nitrogens with zero attached hydrogens (tertiary/aromatic N) is 1. The standard InChI is InChI=1S/C18H18N2O/c1-2-14-17(19)15-10-6-7-11-16(15)20(18(14)21)12-13-8-4-3-5-9-13/h3-11H,2,12,19H2,1H3. The van der Waals surface area contributed by atoms with Crippen LogP contribution in [0, 0.1) is 0 Å². The molecule has 0 amide bonds. The molecule has 106 valence electrons. The molecule has 0 aliphatic heterocycles. The Morgan fingerprint density at radius 1 is 1.00 bits per heavy atom. The normalized spacial score (nSPS) is 10.9. The quantitative estimate of drug-likeness (QED) is 0.799. The smallest absolute Gasteiger partial charge is 0.256 e. The van der Waals surface area contributed by atoms with Gasteiger partial charge in [0.2, 0.25) is 0 Å². The minimum Gasteiger partial charge on any atom is -0.398 e. The zero-order valence-corrected chi connectivity index (χ0v) is 12.0. The molecule has 3 aromatic rings. The maximum Gasteiger partial charge on any atom is 0.256 e. The third-order valence-electron chi connectivity index (χ3n) is 3.85. The van der Waals surface area contributed by atoms with Crippen molar-refractivity contribution in [2.75, 3.05) is 5.73 Å². The first-order chi connectivity index (χ1) is 10.2. The molecule has 0 saturated carbocycles. The maximum absolute atomic E-state index is 12.7. The predicted molar refractivity (Wildman–Crippen MR) is 87.5 cm³/mol. The number of aromatic nitrogens is 1. The number of para-hydroxylation sites is 1. The first kappa shape index (κ1) is 13.4. The van der Waals surface area contributed by atoms with Crippen molar-refractivity contribution in [2.24, 2.45) is 0 Å². The first-order valence-corrected chi connectivity index (χ1v) is 7.16. The van der Waals surface area contributed by atoms with E-state index >= 15 is 0 Å². The molecule has 3 heteroatoms. The molecule has 3 rings (SSSR count). The van der Waals surface area contributed by atoms with Crippen molar-refractivity contribution in [1.82, 2.24) is 4.57 Å². The van der Waals surface area contributed by atoms with Crippen LogP contribution in [-0.2, 0) is 13.0 Å². The van der Waals surface area contributed by atoms with E-state index in [0.717, 1.165) is 16.5 Å². The van der Waals surface area contributed by atoms with Crippen molar-refractivity contribution in [3.63, 3.8) is 0 Å². The lowest BCUT2D eigenvalue weighted by Crippen LogP contribution is -2.26. The number of pyridine rings is 1. The van der Waals surface area contributed by atoms with Crippen LogP contribution in [0.1, 0.15) is 18.1 Å². The second-order valence-corrected chi connectivity index (χ2v) is 5.14. The molecular weight excluding hydrogens is 260 g/mol. The number of benzene rings is 2. The molecular formula is C18H18N2O. The number of hydrogen-bond acceptors (Lipinski definition) is 2. The Morgan fingerprint density at radius 3 is 2.38 bits per heavy atom. The number of rotatable bonds is 3. The molecule has 3 nitrogen and oxygen atoms in total. The van der Waals surface area contributed by atoms with E-state index in [4.69, 9.17) is 5.73 Å². The average molecular weight is 278 g/mol. The topological polar surface area (TPSA) is 48.0 Å². The van der Waals surface area contributed by atoms with Gasteiger partial charge in [0.15, 0.2) is 0 Å². The first-order valence-electron chi connectivity index (χ1n) is 7.16. The third-order valence-corrected chi connectivity index (χ3v) is 3.85. The fourth-order valence-corrected chi connectivity index (χ4v) is 2.75. The fourth-order valence-electron chi connectivity index (χ4n) is 2.75. The molecule has 0 aliphatic carbocycles. The van der Waals surface area contributed by atoms with Gasteiger partial charge in [-0.05, 0) is 18.1 Å². The molecule has 0 aliphatic rings. The Labute approximate surface area is 123 Å². The highest BCUT2D eigenvalue weighted by molar-refractivity contribution is 5.91. The second kappa shape index (κ2) is 5.44. The molecule has 2 N–H and O–H groups in total. The van der Waals surface area contributed by atoms with Crippen LogP contribution < -0.4 is 11.3 Å². The molecule has 0 spiro atoms. The summed E-state index contributed by atoms with van der Waals surface area (Å²) >= 11 is 0. The van der Waals surface area contributed by atoms with Crippen molar-refractivity contribution in [3.05, 3.63) is 76.1 Å². The summed E-state index contributed by atoms with van der Waals surface area (Å²) in [6, 6.07) is 17.8. The van der Waals surface area contributed by atoms with Crippen molar-refractivity contribution >= 4 is 16.6 Å². The van der Waals surface area contributed by atoms with Gasteiger partial charge in [-0.3, -0.25) is 4.79 Å². The lowest BCUT2D eigenvalue weighted by atomic mass is 10.1. The molecule has 2 aromatic carbocycles. The summed E-state index contributed by atoms with van der Waals surface area (Å²) in [4.78, 5) is 12.7. The Morgan fingerprint density at radius 2 is 1.67 bits per heavy atom. The summed E-state index contributed by atoms with van der Waals surface area (Å²) in [7, 11) is 0. The van der Waals surface area contributed by atoms with Gasteiger partial charge in [-0.1, -0.05) is 55.5 Å². The van der Waals surface area contributed by atoms with Crippen molar-refractivity contribution in [3.8, 4) is 0 Å². The third kappa shape index (κ3) is 2.31. The summed E-state index contributed by atoms with van der Waals surface area (Å²) < 4.78 is 1.82. The van der Waals surface area contributed by atoms with Gasteiger partial charge in [0, 0.05) is 16.6 Å². The summed E-state index contributed by atoms with van der Waals surface area (Å²) in [5.74, 6) is 0. The van der Waals surface area contributed by atoms with E-state index in [1.807, 2.05) is 66.1 Å². The van der Waals surface area contributed by atoms with Crippen molar-refractivity contribution < 1.29 is 0 Å². The minimum absolute atomic E-state index is 0.0116. The largest absolute Gasteiger partial charge is 0.398 e. The second-order valence-electron chi connectivity index (χ2n) is 5.14. The number of hydrogen-bond donors (Lipinski definition) is 1. The average Bonchev–Trinajstić information content (AvgIpc) is 2.53. The summed E-state index contributed by atoms with van der Waals surface area (Å²) in [6.45, 7) is 2.53. The molecule has 21 heavy (non-hydrogen) atoms. The van der Waals surface area contributed by atoms with E-state index in [2.05, 4.69) is 0 Å². The monoisotopic (exact) mass is 278 g/mol. The highest BCUT2D eigenvalue weighted by Gasteiger charge is 2.13. The Balaban J connectivity index is 2.28. The Hall–Kier alpha value is -2.55. The molecule has 1 aromatic heterocycles. The highest BCUT2D eigenvalue weighted by atomic mass is 16.1. The SMILES string of the molecule is CCc1c(N)c2ccccc2n(Cc2ccccc2)c1=O. The van der Waals surface area contributed by atoms with Gasteiger partial charge in [-0.15, -0.1) is 0 Å². The van der Waals surface area contributed by atoms with Crippen molar-refractivity contribution in [1.29, 1.82) is 0 Å². The maximum atomic E-state index is 12.7. The Kier molecular flexibility index (Phi) is 3.48. The lowest BCUT2D eigenvalue weighted by Gasteiger charge is -2.15. The van der Waals surface area contributed by atoms with Crippen molar-refractivity contribution in [2.45, 2.75) is 19.9 Å². The van der Waals surface area contributed by atoms with Gasteiger partial charge in [-0.2, -0.15) is 0 Å². The zero-order valence-electron chi connectivity index (χ0n) is 12.0. The van der Waals surface area contributed by atoms with Gasteiger partial charge in [0.25, 0.3) is 5.56 Å². The van der Waals surface area contributed by atoms with Crippen LogP contribution in [0.4, 0.5) is 5.69 Å². The van der Waals surface area contributed by atoms with Crippen LogP contribution in [0.25, 0.3) is 10.9 Å². The molecule has 0 saturated heterocycles. The zero-order chi connectivity index (χ0) is 14.8. The molecule has 1 heterocycles. The van der Waals surface area contributed by atoms with E-state index in [9.17, 15) is 4.79 Å². The molecule has 0 fully saturated rings. The van der Waals surface area contributed by atoms with E-state index < -0.39 is 0 Å². The minimum atomic E-state index is 0.0116. The van der Waals surface area contributed by atoms with Gasteiger partial charge < -0.3 is 10.3 Å². The lowest BCUT2D eigenvalue weighted by molar-refractivity contribution is 0.781. The summed E-state index contributed by atoms with van der Waals surface area (Å²) in [6.07, 6.45) is 0.643. The molecule has 0 radical (unpaired) electrons. The number of fused-ring (bicyclic) bond motifs is 1. The van der Waals surface area contributed by atoms with Crippen LogP contribution in [0.3, 0.4) is 0 Å². The van der Waals surface area contributed by atoms with Crippen LogP contribution in [0.2, 0.25) is 0 Å². The summed E-state index contributed by atoms with van der Waals surface area (Å²) in [5.41, 5.74) is 9.50. The molecule has 0 unspecified atom stereocenters. The molecule has 0 atom stereocenters. The van der Waals surface area contributed by atoms with Gasteiger partial charge in [-0.25, -0.2) is 0 Å². The van der Waals surface area contributed by atoms with E-state index in [-0.39, 0.29) is 5.56 Å². The van der Waals surface area contributed by atoms with Crippen LogP contribution in [0.5, 0.6) is 0 Å². The predicted octanol–water partition coefficient (Wildman–Crippen LogP) is 3.19. The van der Waals surface area contributed by atoms with Gasteiger partial charge >= 0.3 is 0 Å². The van der Waals surface area contributed by atoms with Crippen LogP contribution in [-0.4, -0.2) is 4.57 Å². The number of nitrogens with two attached hydrogens (primary N) is 1. The highest BCUT2D eigenvalue weighted by Crippen LogP contribution is 2.23. The van der Waals surface area contributed by atoms with E-state index in [1.165, 1.54) is 0 Å². The molecule has 0 bridgehead atoms. The van der Waals surface area contributed by atoms with Gasteiger partial charge in [0.1, 0.15) is 0 Å². The van der Waals surface area contributed by atoms with E-state index in [0.29, 0.717) is 24.2 Å². The number of anilines is 1. The van der Waals surface area contributed by atoms with Crippen LogP contribution in [0.15, 0.2) is 59.4 Å². The van der Waals surface area contributed by atoms with E-state index in [1.54, 1.807) is 0 Å². The number of nitrogen functional groups attached to an aromatic ring is 1. The van der Waals surface area contributed by atoms with Crippen LogP contribution >= 0.6 is 0 Å².